The molecule has 5 rings (SSSR count). The number of benzene rings is 4. The highest BCUT2D eigenvalue weighted by Crippen LogP contribution is 2.20. The van der Waals surface area contributed by atoms with Crippen molar-refractivity contribution >= 4 is 59.4 Å². The molecule has 0 saturated carbocycles. The Labute approximate surface area is 356 Å². The topological polar surface area (TPSA) is 263 Å². The third kappa shape index (κ3) is 13.7. The molecule has 17 nitrogen and oxygen atoms in total. The maximum Gasteiger partial charge on any atom is 0.243 e. The van der Waals surface area contributed by atoms with E-state index in [0.29, 0.717) is 28.5 Å². The first-order valence-electron chi connectivity index (χ1n) is 19.3. The van der Waals surface area contributed by atoms with Gasteiger partial charge in [-0.05, 0) is 59.0 Å². The number of aldehydes is 1. The Morgan fingerprint density at radius 1 is 0.607 bits per heavy atom. The maximum absolute atomic E-state index is 14.4. The molecule has 0 aliphatic rings. The number of H-pyrrole nitrogens is 1. The van der Waals surface area contributed by atoms with Gasteiger partial charge in [-0.25, -0.2) is 5.43 Å². The van der Waals surface area contributed by atoms with E-state index in [4.69, 9.17) is 5.21 Å². The van der Waals surface area contributed by atoms with Crippen LogP contribution in [0.1, 0.15) is 22.3 Å². The Balaban J connectivity index is 1.37. The van der Waals surface area contributed by atoms with E-state index in [1.165, 1.54) is 24.3 Å². The largest absolute Gasteiger partial charge is 0.508 e. The highest BCUT2D eigenvalue weighted by Gasteiger charge is 2.32. The predicted octanol–water partition coefficient (Wildman–Crippen LogP) is 0.886. The first kappa shape index (κ1) is 45.4. The summed E-state index contributed by atoms with van der Waals surface area (Å²) < 4.78 is 0. The zero-order chi connectivity index (χ0) is 43.7. The van der Waals surface area contributed by atoms with Crippen molar-refractivity contribution < 1.29 is 44.2 Å². The molecule has 0 aliphatic carbocycles. The van der Waals surface area contributed by atoms with Gasteiger partial charge in [0.1, 0.15) is 42.0 Å². The molecule has 320 valence electrons. The minimum Gasteiger partial charge on any atom is -0.508 e. The average molecular weight is 853 g/mol. The van der Waals surface area contributed by atoms with Crippen molar-refractivity contribution in [2.75, 3.05) is 12.3 Å². The van der Waals surface area contributed by atoms with Crippen LogP contribution >= 0.6 is 12.6 Å². The second-order valence-corrected chi connectivity index (χ2v) is 14.6. The molecule has 5 amide bonds. The SMILES string of the molecule is O=CC(Cc1ccc(O)cc1)NC(=O)CNC(=O)C(Cc1c[nH]c2ccccc12)NC(=O)[C@H](Cc1ccccc1)NC(=O)C(Cc1ccc(O)cc1)NC(=O)[C@H](CS)NNO. The summed E-state index contributed by atoms with van der Waals surface area (Å²) in [4.78, 5) is 83.6. The Bertz CT molecular complexity index is 2260. The number of aromatic hydroxyl groups is 2. The zero-order valence-electron chi connectivity index (χ0n) is 32.8. The van der Waals surface area contributed by atoms with Crippen molar-refractivity contribution in [2.24, 2.45) is 0 Å². The number of amides is 5. The minimum absolute atomic E-state index is 0.00984. The Morgan fingerprint density at radius 3 is 1.67 bits per heavy atom. The van der Waals surface area contributed by atoms with Gasteiger partial charge in [0.05, 0.1) is 12.6 Å². The number of thiol groups is 1. The van der Waals surface area contributed by atoms with Crippen molar-refractivity contribution in [3.05, 3.63) is 132 Å². The van der Waals surface area contributed by atoms with E-state index in [2.05, 4.69) is 49.6 Å². The number of phenolic OH excluding ortho intramolecular Hbond substituents is 2. The van der Waals surface area contributed by atoms with Gasteiger partial charge in [-0.3, -0.25) is 24.0 Å². The fourth-order valence-corrected chi connectivity index (χ4v) is 6.78. The van der Waals surface area contributed by atoms with Gasteiger partial charge >= 0.3 is 0 Å². The van der Waals surface area contributed by atoms with E-state index in [9.17, 15) is 39.0 Å². The van der Waals surface area contributed by atoms with Crippen LogP contribution in [0.5, 0.6) is 11.5 Å². The van der Waals surface area contributed by atoms with Crippen LogP contribution in [0.3, 0.4) is 0 Å². The van der Waals surface area contributed by atoms with Crippen molar-refractivity contribution in [2.45, 2.75) is 55.9 Å². The monoisotopic (exact) mass is 852 g/mol. The Kier molecular flexibility index (Phi) is 16.8. The van der Waals surface area contributed by atoms with Crippen LogP contribution in [0.4, 0.5) is 0 Å². The van der Waals surface area contributed by atoms with Crippen LogP contribution < -0.4 is 37.6 Å². The van der Waals surface area contributed by atoms with E-state index >= 15 is 0 Å². The quantitative estimate of drug-likeness (QED) is 0.0264. The lowest BCUT2D eigenvalue weighted by Crippen LogP contribution is -2.60. The standard InChI is InChI=1S/C43H48N8O9S/c52-24-30(18-27-10-14-31(53)15-11-27)46-39(55)23-45-40(56)37(21-29-22-44-34-9-5-4-8-33(29)34)49-42(58)35(19-26-6-2-1-3-7-26)47-41(57)36(20-28-12-16-32(54)17-13-28)48-43(59)38(25-61)50-51-60/h1-17,22,24,30,35-38,44,50-51,53-54,60-61H,18-21,23,25H2,(H,45,56)(H,46,55)(H,47,57)(H,48,59)(H,49,58)/t30?,35-,36?,37?,38-/m0/s1. The van der Waals surface area contributed by atoms with Gasteiger partial charge in [-0.15, -0.1) is 5.59 Å². The zero-order valence-corrected chi connectivity index (χ0v) is 33.7. The van der Waals surface area contributed by atoms with E-state index in [-0.39, 0.29) is 42.9 Å². The number of carbonyl (C=O) groups is 6. The van der Waals surface area contributed by atoms with Gasteiger partial charge in [0.15, 0.2) is 0 Å². The number of aromatic nitrogens is 1. The van der Waals surface area contributed by atoms with Crippen LogP contribution in [0.25, 0.3) is 10.9 Å². The molecule has 1 heterocycles. The lowest BCUT2D eigenvalue weighted by atomic mass is 10.0. The minimum atomic E-state index is -1.29. The summed E-state index contributed by atoms with van der Waals surface area (Å²) in [5.74, 6) is -3.60. The highest BCUT2D eigenvalue weighted by molar-refractivity contribution is 7.80. The molecule has 18 heteroatoms. The second kappa shape index (κ2) is 22.6. The summed E-state index contributed by atoms with van der Waals surface area (Å²) in [7, 11) is 0. The maximum atomic E-state index is 14.4. The Hall–Kier alpha value is -6.73. The second-order valence-electron chi connectivity index (χ2n) is 14.2. The molecule has 5 aromatic rings. The molecule has 0 bridgehead atoms. The number of hydrazine groups is 1. The summed E-state index contributed by atoms with van der Waals surface area (Å²) in [5, 5.41) is 42.7. The molecule has 61 heavy (non-hydrogen) atoms. The summed E-state index contributed by atoms with van der Waals surface area (Å²) >= 11 is 4.14. The van der Waals surface area contributed by atoms with E-state index in [1.54, 1.807) is 66.4 Å². The Morgan fingerprint density at radius 2 is 1.11 bits per heavy atom. The van der Waals surface area contributed by atoms with Crippen LogP contribution in [-0.2, 0) is 54.5 Å². The molecule has 3 unspecified atom stereocenters. The van der Waals surface area contributed by atoms with Gasteiger partial charge in [0, 0.05) is 42.1 Å². The number of aromatic amines is 1. The fourth-order valence-electron chi connectivity index (χ4n) is 6.52. The van der Waals surface area contributed by atoms with Gasteiger partial charge in [0.2, 0.25) is 29.5 Å². The number of para-hydroxylation sites is 1. The third-order valence-electron chi connectivity index (χ3n) is 9.72. The van der Waals surface area contributed by atoms with Crippen LogP contribution in [-0.4, -0.2) is 98.7 Å². The number of rotatable bonds is 22. The first-order valence-corrected chi connectivity index (χ1v) is 19.9. The molecule has 11 N–H and O–H groups in total. The highest BCUT2D eigenvalue weighted by atomic mass is 32.1. The number of hydrogen-bond acceptors (Lipinski definition) is 12. The summed E-state index contributed by atoms with van der Waals surface area (Å²) in [6, 6.07) is 22.5. The number of phenols is 2. The smallest absolute Gasteiger partial charge is 0.243 e. The summed E-state index contributed by atoms with van der Waals surface area (Å²) in [6.45, 7) is -0.532. The fraction of sp³-hybridized carbons (Fsp3) is 0.256. The molecular formula is C43H48N8O9S. The number of nitrogens with one attached hydrogen (secondary N) is 8. The number of fused-ring (bicyclic) bond motifs is 1. The van der Waals surface area contributed by atoms with Gasteiger partial charge < -0.3 is 51.8 Å². The van der Waals surface area contributed by atoms with Crippen molar-refractivity contribution in [1.29, 1.82) is 0 Å². The van der Waals surface area contributed by atoms with Gasteiger partial charge in [0.25, 0.3) is 0 Å². The molecule has 5 atom stereocenters. The van der Waals surface area contributed by atoms with Gasteiger partial charge in [-0.2, -0.15) is 12.6 Å². The molecule has 4 aromatic carbocycles. The molecule has 0 saturated heterocycles. The number of carbonyl (C=O) groups excluding carboxylic acids is 6. The van der Waals surface area contributed by atoms with E-state index in [1.807, 2.05) is 24.3 Å². The lowest BCUT2D eigenvalue weighted by Gasteiger charge is -2.26. The average Bonchev–Trinajstić information content (AvgIpc) is 3.67. The van der Waals surface area contributed by atoms with E-state index in [0.717, 1.165) is 10.9 Å². The first-order chi connectivity index (χ1) is 29.5. The third-order valence-corrected chi connectivity index (χ3v) is 10.1. The molecule has 0 spiro atoms. The normalized spacial score (nSPS) is 13.5. The van der Waals surface area contributed by atoms with Crippen LogP contribution in [0, 0.1) is 0 Å². The molecule has 0 radical (unpaired) electrons. The molecule has 1 aromatic heterocycles. The number of hydrogen-bond donors (Lipinski definition) is 12. The lowest BCUT2D eigenvalue weighted by molar-refractivity contribution is -0.134. The molecule has 0 fully saturated rings. The van der Waals surface area contributed by atoms with Crippen molar-refractivity contribution in [3.63, 3.8) is 0 Å². The van der Waals surface area contributed by atoms with Crippen LogP contribution in [0.2, 0.25) is 0 Å². The summed E-state index contributed by atoms with van der Waals surface area (Å²) in [6.07, 6.45) is 2.31. The molecular weight excluding hydrogens is 805 g/mol. The molecule has 0 aliphatic heterocycles. The van der Waals surface area contributed by atoms with E-state index < -0.39 is 66.3 Å². The van der Waals surface area contributed by atoms with Crippen molar-refractivity contribution in [1.82, 2.24) is 42.6 Å². The van der Waals surface area contributed by atoms with Crippen molar-refractivity contribution in [3.8, 4) is 11.5 Å². The van der Waals surface area contributed by atoms with Gasteiger partial charge in [-0.1, -0.05) is 72.8 Å². The predicted molar refractivity (Wildman–Crippen MR) is 228 cm³/mol. The van der Waals surface area contributed by atoms with Crippen LogP contribution in [0.15, 0.2) is 109 Å². The summed E-state index contributed by atoms with van der Waals surface area (Å²) in [5.41, 5.74) is 7.43.